The predicted octanol–water partition coefficient (Wildman–Crippen LogP) is 7.10. The zero-order valence-corrected chi connectivity index (χ0v) is 28.6. The number of anilines is 2. The van der Waals surface area contributed by atoms with E-state index in [-0.39, 0.29) is 17.3 Å². The average molecular weight is 699 g/mol. The van der Waals surface area contributed by atoms with E-state index in [0.29, 0.717) is 38.2 Å². The summed E-state index contributed by atoms with van der Waals surface area (Å²) in [4.78, 5) is 64.8. The Morgan fingerprint density at radius 3 is 2.45 bits per heavy atom. The molecular weight excluding hydrogens is 665 g/mol. The van der Waals surface area contributed by atoms with Crippen LogP contribution in [-0.2, 0) is 27.2 Å². The van der Waals surface area contributed by atoms with E-state index in [9.17, 15) is 29.3 Å². The molecular formula is C36H34N4O7S2. The van der Waals surface area contributed by atoms with Crippen LogP contribution in [0.5, 0.6) is 0 Å². The standard InChI is InChI=1S/C36H34N4O7S2/c1-21-12-17-28-30(18-21)49-35(31(28)36(44)47-3)39-32(41)22(2)48-27-11-7-10-25(20-27)37-34(43)29(38-33(42)24-8-5-4-6-9-24)19-23-13-15-26(16-14-23)40(45)46/h4-11,13-16,19-22H,12,17-18H2,1-3H3,(H,37,43)(H,38,42)(H,39,41)/b29-19+. The summed E-state index contributed by atoms with van der Waals surface area (Å²) in [5, 5.41) is 19.4. The van der Waals surface area contributed by atoms with Crippen LogP contribution in [0.4, 0.5) is 16.4 Å². The van der Waals surface area contributed by atoms with E-state index < -0.39 is 28.0 Å². The minimum Gasteiger partial charge on any atom is -0.465 e. The number of nitro benzene ring substituents is 1. The van der Waals surface area contributed by atoms with Crippen LogP contribution in [0, 0.1) is 16.0 Å². The monoisotopic (exact) mass is 698 g/mol. The predicted molar refractivity (Wildman–Crippen MR) is 191 cm³/mol. The largest absolute Gasteiger partial charge is 0.465 e. The Morgan fingerprint density at radius 2 is 1.76 bits per heavy atom. The molecule has 1 aliphatic rings. The van der Waals surface area contributed by atoms with E-state index in [4.69, 9.17) is 4.74 Å². The second kappa shape index (κ2) is 15.8. The van der Waals surface area contributed by atoms with Crippen LogP contribution in [-0.4, -0.2) is 41.0 Å². The Kier molecular flexibility index (Phi) is 11.3. The lowest BCUT2D eigenvalue weighted by Crippen LogP contribution is -2.30. The summed E-state index contributed by atoms with van der Waals surface area (Å²) >= 11 is 2.70. The van der Waals surface area contributed by atoms with Crippen molar-refractivity contribution in [3.8, 4) is 0 Å². The number of nitrogens with one attached hydrogen (secondary N) is 3. The number of carbonyl (C=O) groups is 4. The number of carbonyl (C=O) groups excluding carboxylic acids is 4. The Labute approximate surface area is 291 Å². The van der Waals surface area contributed by atoms with Crippen LogP contribution in [0.25, 0.3) is 6.08 Å². The highest BCUT2D eigenvalue weighted by molar-refractivity contribution is 8.00. The van der Waals surface area contributed by atoms with Crippen molar-refractivity contribution in [3.63, 3.8) is 0 Å². The van der Waals surface area contributed by atoms with Crippen molar-refractivity contribution in [3.05, 3.63) is 122 Å². The molecule has 2 unspecified atom stereocenters. The van der Waals surface area contributed by atoms with Crippen molar-refractivity contribution >= 4 is 69.2 Å². The number of thiophene rings is 1. The van der Waals surface area contributed by atoms with Crippen molar-refractivity contribution in [1.29, 1.82) is 0 Å². The molecule has 3 amide bonds. The fourth-order valence-corrected chi connectivity index (χ4v) is 7.60. The van der Waals surface area contributed by atoms with Gasteiger partial charge in [-0.2, -0.15) is 0 Å². The van der Waals surface area contributed by atoms with Gasteiger partial charge in [-0.15, -0.1) is 23.1 Å². The van der Waals surface area contributed by atoms with Crippen LogP contribution >= 0.6 is 23.1 Å². The molecule has 1 heterocycles. The summed E-state index contributed by atoms with van der Waals surface area (Å²) in [6.45, 7) is 3.92. The molecule has 0 bridgehead atoms. The number of hydrogen-bond acceptors (Lipinski definition) is 9. The summed E-state index contributed by atoms with van der Waals surface area (Å²) in [7, 11) is 1.33. The lowest BCUT2D eigenvalue weighted by molar-refractivity contribution is -0.384. The summed E-state index contributed by atoms with van der Waals surface area (Å²) in [6, 6.07) is 20.9. The average Bonchev–Trinajstić information content (AvgIpc) is 3.44. The van der Waals surface area contributed by atoms with Crippen molar-refractivity contribution < 1.29 is 28.8 Å². The van der Waals surface area contributed by atoms with Crippen molar-refractivity contribution in [2.45, 2.75) is 43.3 Å². The maximum absolute atomic E-state index is 13.5. The zero-order chi connectivity index (χ0) is 35.1. The summed E-state index contributed by atoms with van der Waals surface area (Å²) in [6.07, 6.45) is 4.00. The smallest absolute Gasteiger partial charge is 0.341 e. The second-order valence-corrected chi connectivity index (χ2v) is 14.0. The number of ether oxygens (including phenoxy) is 1. The number of thioether (sulfide) groups is 1. The third-order valence-corrected chi connectivity index (χ3v) is 10.1. The van der Waals surface area contributed by atoms with Gasteiger partial charge in [0.25, 0.3) is 17.5 Å². The number of fused-ring (bicyclic) bond motifs is 1. The first-order valence-electron chi connectivity index (χ1n) is 15.5. The highest BCUT2D eigenvalue weighted by atomic mass is 32.2. The molecule has 1 aliphatic carbocycles. The van der Waals surface area contributed by atoms with Gasteiger partial charge < -0.3 is 20.7 Å². The molecule has 1 aromatic heterocycles. The molecule has 0 saturated carbocycles. The summed E-state index contributed by atoms with van der Waals surface area (Å²) in [5.41, 5.74) is 2.41. The SMILES string of the molecule is COC(=O)c1c(NC(=O)C(C)Sc2cccc(NC(=O)/C(=C\c3ccc([N+](=O)[O-])cc3)NC(=O)c3ccccc3)c2)sc2c1CCC(C)C2. The molecule has 0 radical (unpaired) electrons. The molecule has 0 aliphatic heterocycles. The number of benzene rings is 3. The van der Waals surface area contributed by atoms with Crippen molar-refractivity contribution in [1.82, 2.24) is 5.32 Å². The number of nitrogens with zero attached hydrogens (tertiary/aromatic N) is 1. The molecule has 0 fully saturated rings. The molecule has 4 aromatic rings. The van der Waals surface area contributed by atoms with Gasteiger partial charge in [-0.3, -0.25) is 24.5 Å². The molecule has 2 atom stereocenters. The molecule has 13 heteroatoms. The number of non-ortho nitro benzene ring substituents is 1. The van der Waals surface area contributed by atoms with Gasteiger partial charge in [0, 0.05) is 33.2 Å². The first kappa shape index (κ1) is 35.0. The van der Waals surface area contributed by atoms with E-state index in [1.165, 1.54) is 60.5 Å². The molecule has 49 heavy (non-hydrogen) atoms. The summed E-state index contributed by atoms with van der Waals surface area (Å²) < 4.78 is 5.04. The van der Waals surface area contributed by atoms with Crippen LogP contribution in [0.1, 0.15) is 57.0 Å². The van der Waals surface area contributed by atoms with E-state index in [1.54, 1.807) is 61.5 Å². The Bertz CT molecular complexity index is 1920. The number of nitro groups is 1. The number of hydrogen-bond donors (Lipinski definition) is 3. The molecule has 11 nitrogen and oxygen atoms in total. The fourth-order valence-electron chi connectivity index (χ4n) is 5.27. The van der Waals surface area contributed by atoms with Gasteiger partial charge in [-0.05, 0) is 91.8 Å². The van der Waals surface area contributed by atoms with Crippen LogP contribution in [0.3, 0.4) is 0 Å². The lowest BCUT2D eigenvalue weighted by atomic mass is 9.88. The topological polar surface area (TPSA) is 157 Å². The third-order valence-electron chi connectivity index (χ3n) is 7.86. The van der Waals surface area contributed by atoms with Gasteiger partial charge in [-0.1, -0.05) is 31.2 Å². The van der Waals surface area contributed by atoms with Gasteiger partial charge in [-0.25, -0.2) is 4.79 Å². The maximum atomic E-state index is 13.5. The fraction of sp³-hybridized carbons (Fsp3) is 0.222. The lowest BCUT2D eigenvalue weighted by Gasteiger charge is -2.18. The normalized spacial score (nSPS) is 14.6. The Balaban J connectivity index is 1.30. The molecule has 3 N–H and O–H groups in total. The van der Waals surface area contributed by atoms with Crippen LogP contribution in [0.2, 0.25) is 0 Å². The van der Waals surface area contributed by atoms with E-state index >= 15 is 0 Å². The number of esters is 1. The molecule has 5 rings (SSSR count). The van der Waals surface area contributed by atoms with Crippen molar-refractivity contribution in [2.24, 2.45) is 5.92 Å². The first-order valence-corrected chi connectivity index (χ1v) is 17.2. The zero-order valence-electron chi connectivity index (χ0n) is 27.0. The minimum atomic E-state index is -0.623. The van der Waals surface area contributed by atoms with Gasteiger partial charge in [0.05, 0.1) is 22.8 Å². The van der Waals surface area contributed by atoms with Crippen molar-refractivity contribution in [2.75, 3.05) is 17.7 Å². The second-order valence-electron chi connectivity index (χ2n) is 11.5. The van der Waals surface area contributed by atoms with Gasteiger partial charge in [0.15, 0.2) is 0 Å². The van der Waals surface area contributed by atoms with E-state index in [2.05, 4.69) is 22.9 Å². The summed E-state index contributed by atoms with van der Waals surface area (Å²) in [5.74, 6) is -1.39. The number of methoxy groups -OCH3 is 1. The number of amides is 3. The quantitative estimate of drug-likeness (QED) is 0.0493. The Morgan fingerprint density at radius 1 is 1.02 bits per heavy atom. The first-order chi connectivity index (χ1) is 23.5. The van der Waals surface area contributed by atoms with Gasteiger partial charge in [0.1, 0.15) is 10.7 Å². The molecule has 252 valence electrons. The van der Waals surface area contributed by atoms with E-state index in [0.717, 1.165) is 29.7 Å². The van der Waals surface area contributed by atoms with Crippen LogP contribution < -0.4 is 16.0 Å². The van der Waals surface area contributed by atoms with E-state index in [1.807, 2.05) is 0 Å². The minimum absolute atomic E-state index is 0.0806. The highest BCUT2D eigenvalue weighted by Crippen LogP contribution is 2.40. The number of rotatable bonds is 11. The highest BCUT2D eigenvalue weighted by Gasteiger charge is 2.30. The third kappa shape index (κ3) is 8.80. The maximum Gasteiger partial charge on any atom is 0.341 e. The Hall–Kier alpha value is -5.27. The van der Waals surface area contributed by atoms with Crippen LogP contribution in [0.15, 0.2) is 89.5 Å². The van der Waals surface area contributed by atoms with Gasteiger partial charge in [0.2, 0.25) is 5.91 Å². The molecule has 0 saturated heterocycles. The molecule has 0 spiro atoms. The molecule has 3 aromatic carbocycles. The van der Waals surface area contributed by atoms with Gasteiger partial charge >= 0.3 is 5.97 Å².